The highest BCUT2D eigenvalue weighted by Gasteiger charge is 2.25. The molecule has 1 unspecified atom stereocenters. The Morgan fingerprint density at radius 1 is 1.06 bits per heavy atom. The molecule has 36 heavy (non-hydrogen) atoms. The van der Waals surface area contributed by atoms with Gasteiger partial charge in [-0.1, -0.05) is 24.3 Å². The van der Waals surface area contributed by atoms with E-state index < -0.39 is 0 Å². The van der Waals surface area contributed by atoms with Gasteiger partial charge in [-0.15, -0.1) is 47.4 Å². The molecule has 2 N–H and O–H groups in total. The number of likely N-dealkylation sites (tertiary alicyclic amines) is 1. The lowest BCUT2D eigenvalue weighted by Gasteiger charge is -2.24. The Bertz CT molecular complexity index is 1290. The van der Waals surface area contributed by atoms with Crippen LogP contribution in [0.1, 0.15) is 31.9 Å². The molecule has 196 valence electrons. The molecule has 0 spiro atoms. The molecule has 4 aromatic rings. The second kappa shape index (κ2) is 12.9. The van der Waals surface area contributed by atoms with Gasteiger partial charge in [0.05, 0.1) is 6.61 Å². The molecule has 1 aromatic carbocycles. The Labute approximate surface area is 229 Å². The SMILES string of the molecule is COC[C@@H](C)Oc1cccc2ccc(-c3nnc4ccc(C(C)N5CC[C@H](N)C5)cn34)nc12.Cl.Cl.Cl. The molecule has 5 rings (SSSR count). The molecule has 0 aliphatic carbocycles. The van der Waals surface area contributed by atoms with Gasteiger partial charge < -0.3 is 15.2 Å². The largest absolute Gasteiger partial charge is 0.486 e. The van der Waals surface area contributed by atoms with Crippen LogP contribution in [0.25, 0.3) is 28.1 Å². The summed E-state index contributed by atoms with van der Waals surface area (Å²) in [4.78, 5) is 7.35. The monoisotopic (exact) mass is 554 g/mol. The molecule has 1 fully saturated rings. The number of halogens is 3. The third-order valence-electron chi connectivity index (χ3n) is 6.35. The van der Waals surface area contributed by atoms with Crippen molar-refractivity contribution in [1.29, 1.82) is 0 Å². The number of nitrogens with zero attached hydrogens (tertiary/aromatic N) is 5. The fourth-order valence-electron chi connectivity index (χ4n) is 4.53. The van der Waals surface area contributed by atoms with Crippen LogP contribution < -0.4 is 10.5 Å². The molecular formula is C25H33Cl3N6O2. The highest BCUT2D eigenvalue weighted by molar-refractivity contribution is 5.86. The van der Waals surface area contributed by atoms with Crippen LogP contribution in [0.4, 0.5) is 0 Å². The molecule has 0 saturated carbocycles. The van der Waals surface area contributed by atoms with Crippen molar-refractivity contribution in [3.05, 3.63) is 54.2 Å². The number of nitrogens with two attached hydrogens (primary N) is 1. The van der Waals surface area contributed by atoms with E-state index in [2.05, 4.69) is 34.3 Å². The molecule has 3 aromatic heterocycles. The fraction of sp³-hybridized carbons (Fsp3) is 0.400. The number of hydrogen-bond donors (Lipinski definition) is 1. The number of methoxy groups -OCH3 is 1. The van der Waals surface area contributed by atoms with Gasteiger partial charge in [0.1, 0.15) is 23.1 Å². The molecule has 0 radical (unpaired) electrons. The van der Waals surface area contributed by atoms with E-state index in [1.165, 1.54) is 5.56 Å². The molecule has 1 aliphatic rings. The predicted octanol–water partition coefficient (Wildman–Crippen LogP) is 4.72. The smallest absolute Gasteiger partial charge is 0.187 e. The molecule has 1 saturated heterocycles. The summed E-state index contributed by atoms with van der Waals surface area (Å²) < 4.78 is 13.3. The number of aromatic nitrogens is 4. The van der Waals surface area contributed by atoms with Crippen LogP contribution in [-0.2, 0) is 4.74 Å². The zero-order valence-electron chi connectivity index (χ0n) is 20.5. The van der Waals surface area contributed by atoms with E-state index in [0.717, 1.165) is 47.5 Å². The summed E-state index contributed by atoms with van der Waals surface area (Å²) in [6.45, 7) is 6.65. The van der Waals surface area contributed by atoms with E-state index in [4.69, 9.17) is 20.2 Å². The lowest BCUT2D eigenvalue weighted by Crippen LogP contribution is -2.28. The standard InChI is InChI=1S/C25H30N6O2.3ClH/c1-16(15-32-3)33-22-6-4-5-18-7-9-21(27-24(18)22)25-29-28-23-10-8-19(13-31(23)25)17(2)30-12-11-20(26)14-30;;;/h4-10,13,16-17,20H,11-12,14-15,26H2,1-3H3;3*1H/t16-,17?,20+;;;/m1.../s1. The van der Waals surface area contributed by atoms with Crippen LogP contribution in [-0.4, -0.2) is 63.4 Å². The molecule has 0 amide bonds. The summed E-state index contributed by atoms with van der Waals surface area (Å²) in [5, 5.41) is 9.84. The fourth-order valence-corrected chi connectivity index (χ4v) is 4.53. The van der Waals surface area contributed by atoms with E-state index >= 15 is 0 Å². The number of ether oxygens (including phenoxy) is 2. The lowest BCUT2D eigenvalue weighted by molar-refractivity contribution is 0.0930. The van der Waals surface area contributed by atoms with Crippen molar-refractivity contribution in [2.45, 2.75) is 38.5 Å². The van der Waals surface area contributed by atoms with Crippen molar-refractivity contribution < 1.29 is 9.47 Å². The van der Waals surface area contributed by atoms with Crippen LogP contribution in [0, 0.1) is 0 Å². The maximum Gasteiger partial charge on any atom is 0.187 e. The van der Waals surface area contributed by atoms with Crippen LogP contribution in [0.5, 0.6) is 5.75 Å². The zero-order chi connectivity index (χ0) is 22.9. The molecule has 4 heterocycles. The number of rotatable bonds is 7. The molecule has 11 heteroatoms. The van der Waals surface area contributed by atoms with Crippen molar-refractivity contribution in [3.63, 3.8) is 0 Å². The molecule has 0 bridgehead atoms. The third kappa shape index (κ3) is 6.02. The van der Waals surface area contributed by atoms with E-state index in [0.29, 0.717) is 12.4 Å². The predicted molar refractivity (Wildman–Crippen MR) is 150 cm³/mol. The van der Waals surface area contributed by atoms with E-state index in [1.54, 1.807) is 7.11 Å². The first-order valence-electron chi connectivity index (χ1n) is 11.4. The van der Waals surface area contributed by atoms with Crippen LogP contribution in [0.2, 0.25) is 0 Å². The maximum atomic E-state index is 6.13. The van der Waals surface area contributed by atoms with Crippen molar-refractivity contribution in [2.24, 2.45) is 5.73 Å². The van der Waals surface area contributed by atoms with Crippen molar-refractivity contribution in [3.8, 4) is 17.3 Å². The maximum absolute atomic E-state index is 6.13. The Hall–Kier alpha value is -2.20. The van der Waals surface area contributed by atoms with Gasteiger partial charge in [-0.3, -0.25) is 9.30 Å². The van der Waals surface area contributed by atoms with Crippen molar-refractivity contribution in [1.82, 2.24) is 24.5 Å². The quantitative estimate of drug-likeness (QED) is 0.353. The lowest BCUT2D eigenvalue weighted by atomic mass is 10.1. The van der Waals surface area contributed by atoms with Crippen LogP contribution >= 0.6 is 37.2 Å². The summed E-state index contributed by atoms with van der Waals surface area (Å²) in [6, 6.07) is 14.6. The topological polar surface area (TPSA) is 90.8 Å². The average molecular weight is 556 g/mol. The zero-order valence-corrected chi connectivity index (χ0v) is 23.0. The molecule has 3 atom stereocenters. The van der Waals surface area contributed by atoms with Gasteiger partial charge in [-0.2, -0.15) is 0 Å². The number of fused-ring (bicyclic) bond motifs is 2. The second-order valence-electron chi connectivity index (χ2n) is 8.84. The number of hydrogen-bond acceptors (Lipinski definition) is 7. The van der Waals surface area contributed by atoms with Crippen LogP contribution in [0.15, 0.2) is 48.7 Å². The van der Waals surface area contributed by atoms with E-state index in [-0.39, 0.29) is 55.4 Å². The van der Waals surface area contributed by atoms with Gasteiger partial charge in [0, 0.05) is 43.9 Å². The Morgan fingerprint density at radius 2 is 1.86 bits per heavy atom. The second-order valence-corrected chi connectivity index (χ2v) is 8.84. The minimum atomic E-state index is -0.0808. The highest BCUT2D eigenvalue weighted by atomic mass is 35.5. The Kier molecular flexibility index (Phi) is 10.7. The van der Waals surface area contributed by atoms with Gasteiger partial charge in [-0.05, 0) is 44.0 Å². The van der Waals surface area contributed by atoms with E-state index in [1.807, 2.05) is 47.7 Å². The summed E-state index contributed by atoms with van der Waals surface area (Å²) in [5.74, 6) is 1.44. The highest BCUT2D eigenvalue weighted by Crippen LogP contribution is 2.29. The van der Waals surface area contributed by atoms with Crippen molar-refractivity contribution in [2.75, 3.05) is 26.8 Å². The van der Waals surface area contributed by atoms with Crippen molar-refractivity contribution >= 4 is 53.8 Å². The summed E-state index contributed by atoms with van der Waals surface area (Å²) >= 11 is 0. The number of pyridine rings is 2. The molecule has 8 nitrogen and oxygen atoms in total. The third-order valence-corrected chi connectivity index (χ3v) is 6.35. The first kappa shape index (κ1) is 30.0. The molecule has 1 aliphatic heterocycles. The number of benzene rings is 1. The summed E-state index contributed by atoms with van der Waals surface area (Å²) in [5.41, 5.74) is 9.67. The van der Waals surface area contributed by atoms with Gasteiger partial charge in [-0.25, -0.2) is 4.98 Å². The Morgan fingerprint density at radius 3 is 2.58 bits per heavy atom. The van der Waals surface area contributed by atoms with Gasteiger partial charge in [0.2, 0.25) is 0 Å². The van der Waals surface area contributed by atoms with Gasteiger partial charge in [0.15, 0.2) is 11.5 Å². The first-order valence-corrected chi connectivity index (χ1v) is 11.4. The molecular weight excluding hydrogens is 523 g/mol. The summed E-state index contributed by atoms with van der Waals surface area (Å²) in [6.07, 6.45) is 3.08. The first-order chi connectivity index (χ1) is 16.0. The minimum absolute atomic E-state index is 0. The van der Waals surface area contributed by atoms with Crippen LogP contribution in [0.3, 0.4) is 0 Å². The summed E-state index contributed by atoms with van der Waals surface area (Å²) in [7, 11) is 1.67. The Balaban J connectivity index is 0.00000152. The number of para-hydroxylation sites is 1. The van der Waals surface area contributed by atoms with E-state index in [9.17, 15) is 0 Å². The van der Waals surface area contributed by atoms with Gasteiger partial charge in [0.25, 0.3) is 0 Å². The minimum Gasteiger partial charge on any atom is -0.486 e. The van der Waals surface area contributed by atoms with Gasteiger partial charge >= 0.3 is 0 Å². The average Bonchev–Trinajstić information content (AvgIpc) is 3.44. The normalized spacial score (nSPS) is 17.2.